The fourth-order valence-corrected chi connectivity index (χ4v) is 2.49. The molecule has 0 fully saturated rings. The first-order chi connectivity index (χ1) is 9.98. The molecule has 1 aromatic carbocycles. The first-order valence-electron chi connectivity index (χ1n) is 7.00. The Kier molecular flexibility index (Phi) is 3.29. The normalized spacial score (nSPS) is 15.4. The van der Waals surface area contributed by atoms with Crippen LogP contribution in [0.25, 0.3) is 0 Å². The first-order valence-corrected chi connectivity index (χ1v) is 7.00. The van der Waals surface area contributed by atoms with Crippen molar-refractivity contribution < 1.29 is 9.47 Å². The average Bonchev–Trinajstić information content (AvgIpc) is 2.74. The van der Waals surface area contributed by atoms with Gasteiger partial charge in [0.15, 0.2) is 11.5 Å². The van der Waals surface area contributed by atoms with Gasteiger partial charge in [0.2, 0.25) is 0 Å². The summed E-state index contributed by atoms with van der Waals surface area (Å²) in [5.41, 5.74) is 8.30. The number of fused-ring (bicyclic) bond motifs is 1. The maximum atomic E-state index is 5.97. The number of ether oxygens (including phenoxy) is 2. The summed E-state index contributed by atoms with van der Waals surface area (Å²) < 4.78 is 11.8. The summed E-state index contributed by atoms with van der Waals surface area (Å²) in [4.78, 5) is 8.53. The smallest absolute Gasteiger partial charge is 0.322 e. The number of para-hydroxylation sites is 1. The summed E-state index contributed by atoms with van der Waals surface area (Å²) in [7, 11) is 0. The average molecular weight is 285 g/mol. The second-order valence-corrected chi connectivity index (χ2v) is 5.85. The third-order valence-corrected chi connectivity index (χ3v) is 3.54. The van der Waals surface area contributed by atoms with Crippen LogP contribution in [0.4, 0.5) is 0 Å². The van der Waals surface area contributed by atoms with Crippen LogP contribution in [0.2, 0.25) is 0 Å². The Morgan fingerprint density at radius 2 is 2.19 bits per heavy atom. The van der Waals surface area contributed by atoms with Crippen molar-refractivity contribution in [2.24, 2.45) is 5.73 Å². The second-order valence-electron chi connectivity index (χ2n) is 5.85. The Hall–Kier alpha value is -2.14. The van der Waals surface area contributed by atoms with Crippen LogP contribution >= 0.6 is 0 Å². The molecule has 5 nitrogen and oxygen atoms in total. The molecular weight excluding hydrogens is 266 g/mol. The summed E-state index contributed by atoms with van der Waals surface area (Å²) in [5, 5.41) is 0. The summed E-state index contributed by atoms with van der Waals surface area (Å²) >= 11 is 0. The summed E-state index contributed by atoms with van der Waals surface area (Å²) in [6.45, 7) is 6.44. The fraction of sp³-hybridized carbons (Fsp3) is 0.375. The minimum absolute atomic E-state index is 0.206. The number of nitrogens with two attached hydrogens (primary N) is 1. The highest BCUT2D eigenvalue weighted by Crippen LogP contribution is 2.42. The molecule has 1 aliphatic rings. The zero-order valence-corrected chi connectivity index (χ0v) is 12.5. The number of benzene rings is 1. The van der Waals surface area contributed by atoms with Crippen molar-refractivity contribution in [3.63, 3.8) is 0 Å². The minimum atomic E-state index is -0.206. The Morgan fingerprint density at radius 3 is 2.90 bits per heavy atom. The van der Waals surface area contributed by atoms with Gasteiger partial charge in [-0.1, -0.05) is 12.1 Å². The minimum Gasteiger partial charge on any atom is -0.483 e. The molecule has 0 unspecified atom stereocenters. The van der Waals surface area contributed by atoms with E-state index in [9.17, 15) is 0 Å². The van der Waals surface area contributed by atoms with Crippen molar-refractivity contribution in [1.82, 2.24) is 9.97 Å². The van der Waals surface area contributed by atoms with Crippen molar-refractivity contribution in [1.29, 1.82) is 0 Å². The van der Waals surface area contributed by atoms with Gasteiger partial charge in [-0.2, -0.15) is 4.98 Å². The monoisotopic (exact) mass is 285 g/mol. The first kappa shape index (κ1) is 13.8. The van der Waals surface area contributed by atoms with Crippen molar-refractivity contribution >= 4 is 0 Å². The Morgan fingerprint density at radius 1 is 1.38 bits per heavy atom. The molecule has 0 spiro atoms. The summed E-state index contributed by atoms with van der Waals surface area (Å²) in [5.74, 6) is 1.43. The van der Waals surface area contributed by atoms with Crippen LogP contribution in [0.15, 0.2) is 24.4 Å². The third-order valence-electron chi connectivity index (χ3n) is 3.54. The predicted molar refractivity (Wildman–Crippen MR) is 79.6 cm³/mol. The van der Waals surface area contributed by atoms with Crippen LogP contribution in [0.5, 0.6) is 17.5 Å². The van der Waals surface area contributed by atoms with Gasteiger partial charge in [-0.15, -0.1) is 0 Å². The van der Waals surface area contributed by atoms with Gasteiger partial charge in [0.1, 0.15) is 5.60 Å². The van der Waals surface area contributed by atoms with Gasteiger partial charge in [0.25, 0.3) is 0 Å². The third kappa shape index (κ3) is 2.69. The van der Waals surface area contributed by atoms with Gasteiger partial charge in [0, 0.05) is 36.0 Å². The van der Waals surface area contributed by atoms with E-state index in [-0.39, 0.29) is 5.60 Å². The highest BCUT2D eigenvalue weighted by molar-refractivity contribution is 5.51. The largest absolute Gasteiger partial charge is 0.483 e. The molecule has 110 valence electrons. The number of aromatic nitrogens is 2. The molecular formula is C16H19N3O2. The van der Waals surface area contributed by atoms with Crippen LogP contribution in [-0.4, -0.2) is 15.6 Å². The standard InChI is InChI=1S/C16H19N3O2/c1-10-12(8-17)9-18-15(19-10)20-13-6-4-5-11-7-16(2,3)21-14(11)13/h4-6,9H,7-8,17H2,1-3H3. The van der Waals surface area contributed by atoms with Gasteiger partial charge in [-0.05, 0) is 26.8 Å². The highest BCUT2D eigenvalue weighted by Gasteiger charge is 2.32. The van der Waals surface area contributed by atoms with Gasteiger partial charge >= 0.3 is 6.01 Å². The molecule has 5 heteroatoms. The Bertz CT molecular complexity index is 683. The number of aryl methyl sites for hydroxylation is 1. The maximum Gasteiger partial charge on any atom is 0.322 e. The molecule has 1 aliphatic heterocycles. The van der Waals surface area contributed by atoms with Crippen LogP contribution in [-0.2, 0) is 13.0 Å². The van der Waals surface area contributed by atoms with Crippen LogP contribution in [0.1, 0.15) is 30.7 Å². The number of hydrogen-bond donors (Lipinski definition) is 1. The van der Waals surface area contributed by atoms with E-state index in [4.69, 9.17) is 15.2 Å². The number of nitrogens with zero attached hydrogens (tertiary/aromatic N) is 2. The fourth-order valence-electron chi connectivity index (χ4n) is 2.49. The maximum absolute atomic E-state index is 5.97. The molecule has 0 saturated carbocycles. The molecule has 3 rings (SSSR count). The van der Waals surface area contributed by atoms with Crippen molar-refractivity contribution in [3.05, 3.63) is 41.2 Å². The van der Waals surface area contributed by atoms with Gasteiger partial charge in [0.05, 0.1) is 0 Å². The number of rotatable bonds is 3. The lowest BCUT2D eigenvalue weighted by molar-refractivity contribution is 0.134. The molecule has 0 radical (unpaired) electrons. The summed E-state index contributed by atoms with van der Waals surface area (Å²) in [6, 6.07) is 6.20. The van der Waals surface area contributed by atoms with Crippen molar-refractivity contribution in [2.75, 3.05) is 0 Å². The molecule has 0 saturated heterocycles. The number of hydrogen-bond acceptors (Lipinski definition) is 5. The molecule has 0 bridgehead atoms. The Labute approximate surface area is 124 Å². The quantitative estimate of drug-likeness (QED) is 0.939. The summed E-state index contributed by atoms with van der Waals surface area (Å²) in [6.07, 6.45) is 2.57. The molecule has 1 aromatic heterocycles. The predicted octanol–water partition coefficient (Wildman–Crippen LogP) is 2.75. The van der Waals surface area contributed by atoms with E-state index in [1.165, 1.54) is 0 Å². The Balaban J connectivity index is 1.90. The van der Waals surface area contributed by atoms with Gasteiger partial charge in [-0.25, -0.2) is 4.98 Å². The van der Waals surface area contributed by atoms with Crippen molar-refractivity contribution in [2.45, 2.75) is 39.3 Å². The molecule has 0 aliphatic carbocycles. The molecule has 2 aromatic rings. The molecule has 2 heterocycles. The van der Waals surface area contributed by atoms with E-state index in [1.54, 1.807) is 6.20 Å². The van der Waals surface area contributed by atoms with Crippen molar-refractivity contribution in [3.8, 4) is 17.5 Å². The van der Waals surface area contributed by atoms with E-state index in [0.717, 1.165) is 29.0 Å². The second kappa shape index (κ2) is 5.00. The SMILES string of the molecule is Cc1nc(Oc2cccc3c2OC(C)(C)C3)ncc1CN. The zero-order valence-electron chi connectivity index (χ0n) is 12.5. The lowest BCUT2D eigenvalue weighted by atomic mass is 10.0. The van der Waals surface area contributed by atoms with E-state index >= 15 is 0 Å². The van der Waals surface area contributed by atoms with E-state index in [2.05, 4.69) is 29.9 Å². The van der Waals surface area contributed by atoms with E-state index in [1.807, 2.05) is 19.1 Å². The van der Waals surface area contributed by atoms with Crippen LogP contribution < -0.4 is 15.2 Å². The molecule has 0 atom stereocenters. The molecule has 21 heavy (non-hydrogen) atoms. The van der Waals surface area contributed by atoms with E-state index in [0.29, 0.717) is 18.3 Å². The van der Waals surface area contributed by atoms with E-state index < -0.39 is 0 Å². The topological polar surface area (TPSA) is 70.3 Å². The zero-order chi connectivity index (χ0) is 15.0. The van der Waals surface area contributed by atoms with Crippen LogP contribution in [0.3, 0.4) is 0 Å². The highest BCUT2D eigenvalue weighted by atomic mass is 16.5. The molecule has 0 amide bonds. The molecule has 2 N–H and O–H groups in total. The lowest BCUT2D eigenvalue weighted by Crippen LogP contribution is -2.24. The lowest BCUT2D eigenvalue weighted by Gasteiger charge is -2.18. The van der Waals surface area contributed by atoms with Gasteiger partial charge < -0.3 is 15.2 Å². The van der Waals surface area contributed by atoms with Crippen LogP contribution in [0, 0.1) is 6.92 Å². The van der Waals surface area contributed by atoms with Gasteiger partial charge in [-0.3, -0.25) is 0 Å².